The van der Waals surface area contributed by atoms with Crippen molar-refractivity contribution in [2.45, 2.75) is 96.3 Å². The largest absolute Gasteiger partial charge is 0.483 e. The molecule has 9 nitrogen and oxygen atoms in total. The highest BCUT2D eigenvalue weighted by Crippen LogP contribution is 2.39. The molecule has 2 heterocycles. The lowest BCUT2D eigenvalue weighted by Gasteiger charge is -2.34. The standard InChI is InChI=1S/C37H45N3O4.CH2O2/c1-37(2,3)29-9-10-31-27(16-29)14-26-15-28(17-32(26)40-31)33(41)18-24(12-13-38-30-19-34(42)35(43)20-30)22-4-6-23(7-5-22)25-8-11-36(44)39-21-25;2-1-3/h4-8,11,14-15,21,24,29-30,34-35,38,42-43H,9-10,12-13,16-20H2,1-3H3,(H,39,44);1H,(H,2,3)/t24-,29-,30?,34-,35+;/m0./s1. The number of carbonyl (C=O) groups is 2. The number of ketones is 1. The van der Waals surface area contributed by atoms with Gasteiger partial charge in [0.2, 0.25) is 5.56 Å². The number of aliphatic hydroxyl groups excluding tert-OH is 2. The van der Waals surface area contributed by atoms with E-state index in [9.17, 15) is 19.8 Å². The Balaban J connectivity index is 0.00000139. The first-order chi connectivity index (χ1) is 22.4. The Kier molecular flexibility index (Phi) is 10.9. The molecule has 0 saturated heterocycles. The zero-order valence-electron chi connectivity index (χ0n) is 27.5. The van der Waals surface area contributed by atoms with Crippen molar-refractivity contribution in [2.75, 3.05) is 6.54 Å². The number of aryl methyl sites for hydroxylation is 1. The van der Waals surface area contributed by atoms with Crippen LogP contribution in [0.3, 0.4) is 0 Å². The van der Waals surface area contributed by atoms with Gasteiger partial charge >= 0.3 is 0 Å². The number of hydrogen-bond acceptors (Lipinski definition) is 7. The topological polar surface area (TPSA) is 153 Å². The first kappa shape index (κ1) is 34.4. The van der Waals surface area contributed by atoms with Gasteiger partial charge in [-0.3, -0.25) is 19.4 Å². The van der Waals surface area contributed by atoms with Crippen LogP contribution in [0.4, 0.5) is 0 Å². The van der Waals surface area contributed by atoms with Gasteiger partial charge in [-0.1, -0.05) is 45.0 Å². The molecule has 250 valence electrons. The predicted octanol–water partition coefficient (Wildman–Crippen LogP) is 4.84. The van der Waals surface area contributed by atoms with Gasteiger partial charge in [0.1, 0.15) is 0 Å². The van der Waals surface area contributed by atoms with Crippen LogP contribution in [0.5, 0.6) is 0 Å². The average molecular weight is 642 g/mol. The minimum Gasteiger partial charge on any atom is -0.483 e. The number of nitrogens with one attached hydrogen (secondary N) is 2. The number of nitrogens with zero attached hydrogens (tertiary/aromatic N) is 1. The quantitative estimate of drug-likeness (QED) is 0.208. The van der Waals surface area contributed by atoms with E-state index in [0.717, 1.165) is 59.2 Å². The maximum Gasteiger partial charge on any atom is 0.290 e. The normalized spacial score (nSPS) is 22.4. The fraction of sp³-hybridized carbons (Fsp3) is 0.474. The number of aromatic amines is 1. The average Bonchev–Trinajstić information content (AvgIpc) is 3.60. The van der Waals surface area contributed by atoms with Gasteiger partial charge in [0.25, 0.3) is 6.47 Å². The van der Waals surface area contributed by atoms with E-state index in [1.807, 2.05) is 18.2 Å². The third-order valence-corrected chi connectivity index (χ3v) is 10.1. The van der Waals surface area contributed by atoms with Crippen LogP contribution in [0, 0.1) is 11.3 Å². The Morgan fingerprint density at radius 2 is 1.74 bits per heavy atom. The Morgan fingerprint density at radius 1 is 1.06 bits per heavy atom. The summed E-state index contributed by atoms with van der Waals surface area (Å²) in [7, 11) is 0. The molecule has 0 aliphatic heterocycles. The maximum atomic E-state index is 13.8. The lowest BCUT2D eigenvalue weighted by atomic mass is 9.71. The van der Waals surface area contributed by atoms with Gasteiger partial charge in [-0.2, -0.15) is 0 Å². The lowest BCUT2D eigenvalue weighted by molar-refractivity contribution is -0.123. The van der Waals surface area contributed by atoms with Crippen molar-refractivity contribution >= 4 is 18.3 Å². The van der Waals surface area contributed by atoms with Crippen LogP contribution >= 0.6 is 0 Å². The molecule has 47 heavy (non-hydrogen) atoms. The molecule has 1 saturated carbocycles. The van der Waals surface area contributed by atoms with Gasteiger partial charge in [0, 0.05) is 42.4 Å². The number of aromatic nitrogens is 2. The maximum absolute atomic E-state index is 13.8. The molecule has 3 aliphatic carbocycles. The Morgan fingerprint density at radius 3 is 2.38 bits per heavy atom. The molecule has 1 unspecified atom stereocenters. The molecular formula is C38H47N3O6. The number of Topliss-reactive ketones (excluding diaryl/α,β-unsaturated/α-hetero) is 1. The Labute approximate surface area is 276 Å². The van der Waals surface area contributed by atoms with Crippen molar-refractivity contribution in [2.24, 2.45) is 11.3 Å². The number of hydrogen-bond donors (Lipinski definition) is 5. The first-order valence-electron chi connectivity index (χ1n) is 16.7. The number of carbonyl (C=O) groups excluding carboxylic acids is 1. The van der Waals surface area contributed by atoms with E-state index in [4.69, 9.17) is 14.9 Å². The minimum atomic E-state index is -0.681. The lowest BCUT2D eigenvalue weighted by Crippen LogP contribution is -2.29. The number of pyridine rings is 2. The van der Waals surface area contributed by atoms with Crippen LogP contribution in [-0.2, 0) is 28.9 Å². The number of allylic oxidation sites excluding steroid dienone is 1. The SMILES string of the molecule is CC(C)(C)[C@H]1CCc2nc3c(cc2C1)C=C(C(=O)C[C@H](CCNC1C[C@@H](O)[C@@H](O)C1)c1ccc(-c2ccc(=O)[nH]c2)cc1)C3.O=CO. The van der Waals surface area contributed by atoms with Crippen molar-refractivity contribution in [3.8, 4) is 11.1 Å². The van der Waals surface area contributed by atoms with E-state index in [0.29, 0.717) is 38.1 Å². The van der Waals surface area contributed by atoms with Crippen molar-refractivity contribution in [1.82, 2.24) is 15.3 Å². The zero-order valence-corrected chi connectivity index (χ0v) is 27.5. The molecular weight excluding hydrogens is 594 g/mol. The minimum absolute atomic E-state index is 0.00852. The molecule has 0 spiro atoms. The van der Waals surface area contributed by atoms with E-state index in [2.05, 4.69) is 55.3 Å². The molecule has 0 bridgehead atoms. The van der Waals surface area contributed by atoms with E-state index in [1.165, 1.54) is 17.3 Å². The zero-order chi connectivity index (χ0) is 33.7. The number of carboxylic acid groups (broad SMARTS) is 1. The van der Waals surface area contributed by atoms with Crippen molar-refractivity contribution in [3.63, 3.8) is 0 Å². The van der Waals surface area contributed by atoms with Gasteiger partial charge in [-0.25, -0.2) is 0 Å². The second kappa shape index (κ2) is 14.9. The number of H-pyrrole nitrogens is 1. The van der Waals surface area contributed by atoms with Gasteiger partial charge in [0.15, 0.2) is 5.78 Å². The molecule has 1 fully saturated rings. The van der Waals surface area contributed by atoms with E-state index in [1.54, 1.807) is 6.20 Å². The monoisotopic (exact) mass is 641 g/mol. The fourth-order valence-corrected chi connectivity index (χ4v) is 7.23. The highest BCUT2D eigenvalue weighted by atomic mass is 16.3. The molecule has 5 N–H and O–H groups in total. The van der Waals surface area contributed by atoms with Crippen LogP contribution < -0.4 is 10.9 Å². The summed E-state index contributed by atoms with van der Waals surface area (Å²) in [5.74, 6) is 0.811. The summed E-state index contributed by atoms with van der Waals surface area (Å²) >= 11 is 0. The van der Waals surface area contributed by atoms with Crippen LogP contribution in [0.1, 0.15) is 86.9 Å². The van der Waals surface area contributed by atoms with Gasteiger partial charge in [0.05, 0.1) is 17.9 Å². The van der Waals surface area contributed by atoms with E-state index < -0.39 is 12.2 Å². The summed E-state index contributed by atoms with van der Waals surface area (Å²) in [6, 6.07) is 13.9. The van der Waals surface area contributed by atoms with Gasteiger partial charge in [-0.15, -0.1) is 0 Å². The number of fused-ring (bicyclic) bond motifs is 2. The van der Waals surface area contributed by atoms with Crippen molar-refractivity contribution in [1.29, 1.82) is 0 Å². The summed E-state index contributed by atoms with van der Waals surface area (Å²) in [6.07, 6.45) is 8.48. The number of aliphatic hydroxyl groups is 2. The third-order valence-electron chi connectivity index (χ3n) is 10.1. The Bertz CT molecular complexity index is 1620. The molecule has 1 aromatic carbocycles. The van der Waals surface area contributed by atoms with Crippen molar-refractivity contribution < 1.29 is 24.9 Å². The highest BCUT2D eigenvalue weighted by molar-refractivity contribution is 6.02. The number of benzene rings is 1. The van der Waals surface area contributed by atoms with Gasteiger partial charge in [-0.05, 0) is 108 Å². The molecule has 9 heteroatoms. The van der Waals surface area contributed by atoms with E-state index >= 15 is 0 Å². The molecule has 6 rings (SSSR count). The third kappa shape index (κ3) is 8.52. The second-order valence-corrected chi connectivity index (χ2v) is 14.3. The van der Waals surface area contributed by atoms with E-state index in [-0.39, 0.29) is 35.2 Å². The van der Waals surface area contributed by atoms with Crippen LogP contribution in [0.15, 0.2) is 59.0 Å². The summed E-state index contributed by atoms with van der Waals surface area (Å²) in [4.78, 5) is 41.5. The summed E-state index contributed by atoms with van der Waals surface area (Å²) < 4.78 is 0. The molecule has 2 aromatic heterocycles. The smallest absolute Gasteiger partial charge is 0.290 e. The van der Waals surface area contributed by atoms with Crippen LogP contribution in [-0.4, -0.2) is 62.3 Å². The first-order valence-corrected chi connectivity index (χ1v) is 16.7. The van der Waals surface area contributed by atoms with Crippen LogP contribution in [0.2, 0.25) is 0 Å². The Hall–Kier alpha value is -3.92. The molecule has 3 aromatic rings. The van der Waals surface area contributed by atoms with Crippen LogP contribution in [0.25, 0.3) is 17.2 Å². The number of rotatable bonds is 9. The summed E-state index contributed by atoms with van der Waals surface area (Å²) in [5, 5.41) is 30.3. The molecule has 5 atom stereocenters. The highest BCUT2D eigenvalue weighted by Gasteiger charge is 2.33. The second-order valence-electron chi connectivity index (χ2n) is 14.3. The molecule has 3 aliphatic rings. The molecule has 0 radical (unpaired) electrons. The summed E-state index contributed by atoms with van der Waals surface area (Å²) in [6.45, 7) is 7.41. The summed E-state index contributed by atoms with van der Waals surface area (Å²) in [5.41, 5.74) is 8.69. The fourth-order valence-electron chi connectivity index (χ4n) is 7.23. The predicted molar refractivity (Wildman–Crippen MR) is 182 cm³/mol. The van der Waals surface area contributed by atoms with Gasteiger partial charge < -0.3 is 25.6 Å². The molecule has 0 amide bonds. The van der Waals surface area contributed by atoms with Crippen molar-refractivity contribution in [3.05, 3.63) is 92.7 Å².